The van der Waals surface area contributed by atoms with Gasteiger partial charge in [-0.2, -0.15) is 11.8 Å². The second kappa shape index (κ2) is 8.77. The summed E-state index contributed by atoms with van der Waals surface area (Å²) in [5.74, 6) is 2.21. The van der Waals surface area contributed by atoms with Crippen LogP contribution < -0.4 is 10.1 Å². The quantitative estimate of drug-likeness (QED) is 0.429. The third-order valence-electron chi connectivity index (χ3n) is 2.49. The van der Waals surface area contributed by atoms with Crippen LogP contribution in [0, 0.1) is 10.1 Å². The molecule has 0 unspecified atom stereocenters. The Labute approximate surface area is 117 Å². The molecule has 1 aromatic carbocycles. The first-order valence-electron chi connectivity index (χ1n) is 6.37. The summed E-state index contributed by atoms with van der Waals surface area (Å²) < 4.78 is 5.48. The van der Waals surface area contributed by atoms with Crippen molar-refractivity contribution in [2.75, 3.05) is 24.7 Å². The van der Waals surface area contributed by atoms with Crippen molar-refractivity contribution in [3.63, 3.8) is 0 Å². The van der Waals surface area contributed by atoms with Crippen molar-refractivity contribution in [3.8, 4) is 5.75 Å². The van der Waals surface area contributed by atoms with Crippen LogP contribution in [-0.4, -0.2) is 29.6 Å². The Kier molecular flexibility index (Phi) is 7.28. The van der Waals surface area contributed by atoms with Crippen LogP contribution >= 0.6 is 11.8 Å². The smallest absolute Gasteiger partial charge is 0.311 e. The molecule has 6 heteroatoms. The highest BCUT2D eigenvalue weighted by atomic mass is 32.2. The predicted octanol–water partition coefficient (Wildman–Crippen LogP) is 2.84. The summed E-state index contributed by atoms with van der Waals surface area (Å²) in [6.07, 6.45) is 0. The Balaban J connectivity index is 2.71. The number of nitrogens with zero attached hydrogens (tertiary/aromatic N) is 1. The van der Waals surface area contributed by atoms with E-state index in [1.165, 1.54) is 0 Å². The van der Waals surface area contributed by atoms with Gasteiger partial charge in [-0.05, 0) is 23.9 Å². The zero-order valence-electron chi connectivity index (χ0n) is 11.3. The lowest BCUT2D eigenvalue weighted by molar-refractivity contribution is -0.385. The second-order valence-corrected chi connectivity index (χ2v) is 5.28. The molecule has 0 spiro atoms. The molecule has 0 radical (unpaired) electrons. The van der Waals surface area contributed by atoms with E-state index in [1.54, 1.807) is 23.9 Å². The van der Waals surface area contributed by atoms with Crippen molar-refractivity contribution in [1.29, 1.82) is 0 Å². The maximum absolute atomic E-state index is 11.0. The fourth-order valence-corrected chi connectivity index (χ4v) is 2.05. The first kappa shape index (κ1) is 15.8. The maximum atomic E-state index is 11.0. The predicted molar refractivity (Wildman–Crippen MR) is 79.0 cm³/mol. The van der Waals surface area contributed by atoms with Crippen LogP contribution in [0.3, 0.4) is 0 Å². The summed E-state index contributed by atoms with van der Waals surface area (Å²) in [4.78, 5) is 10.6. The Hall–Kier alpha value is -1.27. The van der Waals surface area contributed by atoms with Gasteiger partial charge in [0.2, 0.25) is 0 Å². The van der Waals surface area contributed by atoms with Crippen molar-refractivity contribution < 1.29 is 9.66 Å². The van der Waals surface area contributed by atoms with Gasteiger partial charge in [-0.25, -0.2) is 0 Å². The van der Waals surface area contributed by atoms with Gasteiger partial charge >= 0.3 is 5.69 Å². The molecule has 0 bridgehead atoms. The minimum Gasteiger partial charge on any atom is -0.486 e. The number of thioether (sulfide) groups is 1. The van der Waals surface area contributed by atoms with Gasteiger partial charge in [0.15, 0.2) is 5.75 Å². The second-order valence-electron chi connectivity index (χ2n) is 3.88. The molecule has 0 saturated heterocycles. The molecule has 0 fully saturated rings. The highest BCUT2D eigenvalue weighted by Gasteiger charge is 2.15. The van der Waals surface area contributed by atoms with Gasteiger partial charge in [0.25, 0.3) is 0 Å². The van der Waals surface area contributed by atoms with Gasteiger partial charge in [-0.3, -0.25) is 10.1 Å². The lowest BCUT2D eigenvalue weighted by Gasteiger charge is -2.08. The standard InChI is InChI=1S/C13H20N2O3S/c1-3-14-10-11-5-6-13(12(9-11)15(16)17)18-7-8-19-4-2/h5-6,9,14H,3-4,7-8,10H2,1-2H3. The van der Waals surface area contributed by atoms with Crippen molar-refractivity contribution in [3.05, 3.63) is 33.9 Å². The van der Waals surface area contributed by atoms with E-state index in [9.17, 15) is 10.1 Å². The van der Waals surface area contributed by atoms with Gasteiger partial charge in [-0.15, -0.1) is 0 Å². The molecule has 1 aromatic rings. The fraction of sp³-hybridized carbons (Fsp3) is 0.538. The molecule has 0 amide bonds. The SMILES string of the molecule is CCNCc1ccc(OCCSCC)c([N+](=O)[O-])c1. The number of ether oxygens (including phenoxy) is 1. The number of hydrogen-bond donors (Lipinski definition) is 1. The van der Waals surface area contributed by atoms with Crippen molar-refractivity contribution in [1.82, 2.24) is 5.32 Å². The number of nitro groups is 1. The minimum absolute atomic E-state index is 0.0388. The number of nitro benzene ring substituents is 1. The molecule has 0 aromatic heterocycles. The summed E-state index contributed by atoms with van der Waals surface area (Å²) in [5, 5.41) is 14.2. The van der Waals surface area contributed by atoms with E-state index < -0.39 is 4.92 Å². The van der Waals surface area contributed by atoms with E-state index in [0.29, 0.717) is 18.9 Å². The van der Waals surface area contributed by atoms with Crippen LogP contribution in [0.25, 0.3) is 0 Å². The molecule has 19 heavy (non-hydrogen) atoms. The van der Waals surface area contributed by atoms with Crippen molar-refractivity contribution >= 4 is 17.4 Å². The molecule has 0 atom stereocenters. The highest BCUT2D eigenvalue weighted by Crippen LogP contribution is 2.28. The summed E-state index contributed by atoms with van der Waals surface area (Å²) in [6, 6.07) is 5.12. The number of rotatable bonds is 9. The number of benzene rings is 1. The van der Waals surface area contributed by atoms with E-state index in [1.807, 2.05) is 13.0 Å². The largest absolute Gasteiger partial charge is 0.486 e. The van der Waals surface area contributed by atoms with E-state index in [-0.39, 0.29) is 5.69 Å². The summed E-state index contributed by atoms with van der Waals surface area (Å²) in [5.41, 5.74) is 0.931. The van der Waals surface area contributed by atoms with Gasteiger partial charge < -0.3 is 10.1 Å². The molecule has 1 rings (SSSR count). The molecular weight excluding hydrogens is 264 g/mol. The first-order chi connectivity index (χ1) is 9.19. The molecule has 5 nitrogen and oxygen atoms in total. The lowest BCUT2D eigenvalue weighted by Crippen LogP contribution is -2.12. The van der Waals surface area contributed by atoms with Crippen molar-refractivity contribution in [2.24, 2.45) is 0 Å². The number of hydrogen-bond acceptors (Lipinski definition) is 5. The third-order valence-corrected chi connectivity index (χ3v) is 3.35. The van der Waals surface area contributed by atoms with Crippen LogP contribution in [-0.2, 0) is 6.54 Å². The molecule has 0 aliphatic heterocycles. The first-order valence-corrected chi connectivity index (χ1v) is 7.53. The molecule has 0 heterocycles. The van der Waals surface area contributed by atoms with E-state index >= 15 is 0 Å². The average Bonchev–Trinajstić information content (AvgIpc) is 2.41. The van der Waals surface area contributed by atoms with Gasteiger partial charge in [-0.1, -0.05) is 19.9 Å². The third kappa shape index (κ3) is 5.48. The average molecular weight is 284 g/mol. The Morgan fingerprint density at radius 2 is 2.21 bits per heavy atom. The maximum Gasteiger partial charge on any atom is 0.311 e. The fourth-order valence-electron chi connectivity index (χ4n) is 1.56. The Morgan fingerprint density at radius 1 is 1.42 bits per heavy atom. The molecule has 0 aliphatic carbocycles. The van der Waals surface area contributed by atoms with Crippen LogP contribution in [0.5, 0.6) is 5.75 Å². The normalized spacial score (nSPS) is 10.4. The molecule has 0 aliphatic rings. The molecule has 1 N–H and O–H groups in total. The molecular formula is C13H20N2O3S. The van der Waals surface area contributed by atoms with E-state index in [0.717, 1.165) is 23.6 Å². The zero-order chi connectivity index (χ0) is 14.1. The summed E-state index contributed by atoms with van der Waals surface area (Å²) in [7, 11) is 0. The zero-order valence-corrected chi connectivity index (χ0v) is 12.2. The summed E-state index contributed by atoms with van der Waals surface area (Å²) in [6.45, 7) is 6.02. The lowest BCUT2D eigenvalue weighted by atomic mass is 10.2. The van der Waals surface area contributed by atoms with E-state index in [4.69, 9.17) is 4.74 Å². The van der Waals surface area contributed by atoms with Crippen LogP contribution in [0.4, 0.5) is 5.69 Å². The van der Waals surface area contributed by atoms with Gasteiger partial charge in [0.05, 0.1) is 11.5 Å². The molecule has 0 saturated carbocycles. The van der Waals surface area contributed by atoms with Crippen LogP contribution in [0.15, 0.2) is 18.2 Å². The molecule has 106 valence electrons. The minimum atomic E-state index is -0.391. The highest BCUT2D eigenvalue weighted by molar-refractivity contribution is 7.99. The monoisotopic (exact) mass is 284 g/mol. The summed E-state index contributed by atoms with van der Waals surface area (Å²) >= 11 is 1.75. The topological polar surface area (TPSA) is 64.4 Å². The Bertz CT molecular complexity index is 413. The van der Waals surface area contributed by atoms with Crippen LogP contribution in [0.1, 0.15) is 19.4 Å². The van der Waals surface area contributed by atoms with Crippen LogP contribution in [0.2, 0.25) is 0 Å². The van der Waals surface area contributed by atoms with Gasteiger partial charge in [0.1, 0.15) is 0 Å². The van der Waals surface area contributed by atoms with E-state index in [2.05, 4.69) is 12.2 Å². The number of nitrogens with one attached hydrogen (secondary N) is 1. The van der Waals surface area contributed by atoms with Gasteiger partial charge in [0, 0.05) is 18.4 Å². The van der Waals surface area contributed by atoms with Crippen molar-refractivity contribution in [2.45, 2.75) is 20.4 Å². The Morgan fingerprint density at radius 3 is 2.84 bits per heavy atom.